The van der Waals surface area contributed by atoms with Gasteiger partial charge in [0, 0.05) is 7.05 Å². The van der Waals surface area contributed by atoms with Gasteiger partial charge < -0.3 is 0 Å². The predicted molar refractivity (Wildman–Crippen MR) is 41.3 cm³/mol. The molecule has 0 aromatic carbocycles. The van der Waals surface area contributed by atoms with Crippen LogP contribution in [-0.2, 0) is 7.05 Å². The minimum absolute atomic E-state index is 0.280. The van der Waals surface area contributed by atoms with Gasteiger partial charge in [0.25, 0.3) is 0 Å². The third kappa shape index (κ3) is 0.827. The summed E-state index contributed by atoms with van der Waals surface area (Å²) in [5, 5.41) is 0. The van der Waals surface area contributed by atoms with E-state index in [4.69, 9.17) is 0 Å². The number of aromatic nitrogens is 3. The number of H-pyrrole nitrogens is 1. The lowest BCUT2D eigenvalue weighted by Crippen LogP contribution is -2.11. The molecular formula is C7H6FN3O. The molecule has 2 heterocycles. The Labute approximate surface area is 66.7 Å². The fourth-order valence-electron chi connectivity index (χ4n) is 1.09. The summed E-state index contributed by atoms with van der Waals surface area (Å²) in [5.74, 6) is -0.593. The SMILES string of the molecule is Cn1c(=O)[nH]c2nc(F)ccc21. The first-order chi connectivity index (χ1) is 5.68. The smallest absolute Gasteiger partial charge is 0.294 e. The van der Waals surface area contributed by atoms with Gasteiger partial charge in [0.15, 0.2) is 5.65 Å². The monoisotopic (exact) mass is 167 g/mol. The molecule has 0 radical (unpaired) electrons. The molecule has 62 valence electrons. The molecule has 12 heavy (non-hydrogen) atoms. The molecule has 0 bridgehead atoms. The summed E-state index contributed by atoms with van der Waals surface area (Å²) in [7, 11) is 1.60. The van der Waals surface area contributed by atoms with Crippen molar-refractivity contribution in [1.82, 2.24) is 14.5 Å². The Morgan fingerprint density at radius 2 is 2.33 bits per heavy atom. The van der Waals surface area contributed by atoms with Crippen molar-refractivity contribution in [2.45, 2.75) is 0 Å². The van der Waals surface area contributed by atoms with Gasteiger partial charge >= 0.3 is 5.69 Å². The number of aryl methyl sites for hydroxylation is 1. The van der Waals surface area contributed by atoms with Gasteiger partial charge in [0.1, 0.15) is 0 Å². The van der Waals surface area contributed by atoms with Crippen LogP contribution in [0.15, 0.2) is 16.9 Å². The number of hydrogen-bond acceptors (Lipinski definition) is 2. The highest BCUT2D eigenvalue weighted by Gasteiger charge is 2.03. The largest absolute Gasteiger partial charge is 0.327 e. The van der Waals surface area contributed by atoms with Gasteiger partial charge in [-0.15, -0.1) is 0 Å². The van der Waals surface area contributed by atoms with Crippen molar-refractivity contribution in [2.24, 2.45) is 7.05 Å². The summed E-state index contributed by atoms with van der Waals surface area (Å²) in [6, 6.07) is 2.73. The summed E-state index contributed by atoms with van der Waals surface area (Å²) in [5.41, 5.74) is 0.590. The van der Waals surface area contributed by atoms with Gasteiger partial charge in [0.05, 0.1) is 5.52 Å². The molecule has 0 saturated heterocycles. The number of pyridine rings is 1. The standard InChI is InChI=1S/C7H6FN3O/c1-11-4-2-3-5(8)9-6(4)10-7(11)12/h2-3H,1H3,(H,9,10,12). The van der Waals surface area contributed by atoms with Crippen molar-refractivity contribution >= 4 is 11.2 Å². The Balaban J connectivity index is 2.96. The van der Waals surface area contributed by atoms with Gasteiger partial charge in [0.2, 0.25) is 5.95 Å². The normalized spacial score (nSPS) is 10.8. The molecule has 5 heteroatoms. The summed E-state index contributed by atoms with van der Waals surface area (Å²) in [6.07, 6.45) is 0. The maximum Gasteiger partial charge on any atom is 0.327 e. The highest BCUT2D eigenvalue weighted by Crippen LogP contribution is 2.05. The van der Waals surface area contributed by atoms with Crippen LogP contribution in [0, 0.1) is 5.95 Å². The van der Waals surface area contributed by atoms with E-state index in [0.29, 0.717) is 5.52 Å². The van der Waals surface area contributed by atoms with E-state index in [9.17, 15) is 9.18 Å². The van der Waals surface area contributed by atoms with Crippen LogP contribution < -0.4 is 5.69 Å². The van der Waals surface area contributed by atoms with Gasteiger partial charge in [-0.3, -0.25) is 9.55 Å². The fourth-order valence-corrected chi connectivity index (χ4v) is 1.09. The first-order valence-corrected chi connectivity index (χ1v) is 3.40. The number of rotatable bonds is 0. The van der Waals surface area contributed by atoms with Crippen LogP contribution in [0.5, 0.6) is 0 Å². The molecule has 0 atom stereocenters. The molecule has 0 aliphatic carbocycles. The third-order valence-electron chi connectivity index (χ3n) is 1.73. The van der Waals surface area contributed by atoms with Crippen LogP contribution >= 0.6 is 0 Å². The Kier molecular flexibility index (Phi) is 1.27. The zero-order valence-corrected chi connectivity index (χ0v) is 6.34. The molecule has 0 fully saturated rings. The quantitative estimate of drug-likeness (QED) is 0.577. The van der Waals surface area contributed by atoms with E-state index in [-0.39, 0.29) is 11.3 Å². The minimum Gasteiger partial charge on any atom is -0.294 e. The molecule has 0 spiro atoms. The Bertz CT molecular complexity index is 485. The van der Waals surface area contributed by atoms with Gasteiger partial charge in [-0.2, -0.15) is 9.37 Å². The molecule has 4 nitrogen and oxygen atoms in total. The van der Waals surface area contributed by atoms with E-state index < -0.39 is 5.95 Å². The molecule has 1 N–H and O–H groups in total. The molecule has 0 aliphatic rings. The number of aromatic amines is 1. The number of halogens is 1. The van der Waals surface area contributed by atoms with Gasteiger partial charge in [-0.25, -0.2) is 4.79 Å². The lowest BCUT2D eigenvalue weighted by molar-refractivity contribution is 0.588. The van der Waals surface area contributed by atoms with Crippen molar-refractivity contribution in [3.63, 3.8) is 0 Å². The topological polar surface area (TPSA) is 50.7 Å². The summed E-state index contributed by atoms with van der Waals surface area (Å²) >= 11 is 0. The number of imidazole rings is 1. The molecule has 0 aliphatic heterocycles. The zero-order chi connectivity index (χ0) is 8.72. The van der Waals surface area contributed by atoms with E-state index in [2.05, 4.69) is 9.97 Å². The number of nitrogens with one attached hydrogen (secondary N) is 1. The summed E-state index contributed by atoms with van der Waals surface area (Å²) in [4.78, 5) is 16.9. The van der Waals surface area contributed by atoms with E-state index in [1.807, 2.05) is 0 Å². The Hall–Kier alpha value is -1.65. The number of fused-ring (bicyclic) bond motifs is 1. The summed E-state index contributed by atoms with van der Waals surface area (Å²) < 4.78 is 13.9. The van der Waals surface area contributed by atoms with Gasteiger partial charge in [-0.05, 0) is 12.1 Å². The van der Waals surface area contributed by atoms with E-state index in [1.165, 1.54) is 16.7 Å². The van der Waals surface area contributed by atoms with Crippen LogP contribution in [0.4, 0.5) is 4.39 Å². The lowest BCUT2D eigenvalue weighted by atomic mass is 10.4. The minimum atomic E-state index is -0.593. The van der Waals surface area contributed by atoms with Gasteiger partial charge in [-0.1, -0.05) is 0 Å². The van der Waals surface area contributed by atoms with Crippen molar-refractivity contribution in [3.8, 4) is 0 Å². The lowest BCUT2D eigenvalue weighted by Gasteiger charge is -1.90. The van der Waals surface area contributed by atoms with Crippen LogP contribution in [0.25, 0.3) is 11.2 Å². The molecule has 2 aromatic rings. The average molecular weight is 167 g/mol. The van der Waals surface area contributed by atoms with Crippen molar-refractivity contribution in [2.75, 3.05) is 0 Å². The maximum absolute atomic E-state index is 12.5. The molecular weight excluding hydrogens is 161 g/mol. The second kappa shape index (κ2) is 2.17. The zero-order valence-electron chi connectivity index (χ0n) is 6.34. The van der Waals surface area contributed by atoms with Crippen LogP contribution in [0.2, 0.25) is 0 Å². The molecule has 2 rings (SSSR count). The van der Waals surface area contributed by atoms with E-state index in [1.54, 1.807) is 7.05 Å². The Morgan fingerprint density at radius 3 is 3.08 bits per heavy atom. The molecule has 0 amide bonds. The fraction of sp³-hybridized carbons (Fsp3) is 0.143. The molecule has 0 saturated carbocycles. The van der Waals surface area contributed by atoms with Crippen molar-refractivity contribution < 1.29 is 4.39 Å². The van der Waals surface area contributed by atoms with Crippen LogP contribution in [0.1, 0.15) is 0 Å². The highest BCUT2D eigenvalue weighted by atomic mass is 19.1. The maximum atomic E-state index is 12.5. The molecule has 2 aromatic heterocycles. The van der Waals surface area contributed by atoms with E-state index >= 15 is 0 Å². The Morgan fingerprint density at radius 1 is 1.58 bits per heavy atom. The van der Waals surface area contributed by atoms with Crippen LogP contribution in [-0.4, -0.2) is 14.5 Å². The number of hydrogen-bond donors (Lipinski definition) is 1. The third-order valence-corrected chi connectivity index (χ3v) is 1.73. The first-order valence-electron chi connectivity index (χ1n) is 3.40. The second-order valence-electron chi connectivity index (χ2n) is 2.49. The van der Waals surface area contributed by atoms with Crippen LogP contribution in [0.3, 0.4) is 0 Å². The molecule has 0 unspecified atom stereocenters. The average Bonchev–Trinajstić information content (AvgIpc) is 2.28. The second-order valence-corrected chi connectivity index (χ2v) is 2.49. The predicted octanol–water partition coefficient (Wildman–Crippen LogP) is 0.401. The first kappa shape index (κ1) is 7.02. The summed E-state index contributed by atoms with van der Waals surface area (Å²) in [6.45, 7) is 0. The number of nitrogens with zero attached hydrogens (tertiary/aromatic N) is 2. The van der Waals surface area contributed by atoms with E-state index in [0.717, 1.165) is 0 Å². The van der Waals surface area contributed by atoms with Crippen molar-refractivity contribution in [1.29, 1.82) is 0 Å². The van der Waals surface area contributed by atoms with Crippen molar-refractivity contribution in [3.05, 3.63) is 28.6 Å². The highest BCUT2D eigenvalue weighted by molar-refractivity contribution is 5.69.